The van der Waals surface area contributed by atoms with Crippen molar-refractivity contribution >= 4 is 17.7 Å². The first-order valence-corrected chi connectivity index (χ1v) is 8.09. The van der Waals surface area contributed by atoms with Crippen LogP contribution in [-0.2, 0) is 10.3 Å². The summed E-state index contributed by atoms with van der Waals surface area (Å²) in [5, 5.41) is 12.4. The van der Waals surface area contributed by atoms with E-state index in [0.717, 1.165) is 19.4 Å². The number of hydrogen-bond donors (Lipinski definition) is 0. The first kappa shape index (κ1) is 15.3. The van der Waals surface area contributed by atoms with Crippen molar-refractivity contribution in [3.63, 3.8) is 0 Å². The molecule has 1 unspecified atom stereocenters. The Bertz CT molecular complexity index is 468. The molecule has 1 aliphatic rings. The van der Waals surface area contributed by atoms with Gasteiger partial charge < -0.3 is 4.90 Å². The van der Waals surface area contributed by atoms with E-state index in [1.54, 1.807) is 4.68 Å². The highest BCUT2D eigenvalue weighted by Crippen LogP contribution is 2.23. The Labute approximate surface area is 124 Å². The number of thioether (sulfide) groups is 1. The number of carbonyl (C=O) groups is 1. The molecule has 0 spiro atoms. The van der Waals surface area contributed by atoms with E-state index < -0.39 is 0 Å². The van der Waals surface area contributed by atoms with E-state index in [0.29, 0.717) is 17.0 Å². The van der Waals surface area contributed by atoms with Gasteiger partial charge in [-0.2, -0.15) is 0 Å². The van der Waals surface area contributed by atoms with Crippen molar-refractivity contribution in [2.75, 3.05) is 12.3 Å². The summed E-state index contributed by atoms with van der Waals surface area (Å²) < 4.78 is 1.77. The molecule has 0 bridgehead atoms. The van der Waals surface area contributed by atoms with Gasteiger partial charge >= 0.3 is 0 Å². The van der Waals surface area contributed by atoms with Gasteiger partial charge in [-0.1, -0.05) is 11.8 Å². The van der Waals surface area contributed by atoms with Gasteiger partial charge in [0.25, 0.3) is 0 Å². The molecule has 1 aromatic heterocycles. The van der Waals surface area contributed by atoms with Crippen LogP contribution in [0.2, 0.25) is 0 Å². The largest absolute Gasteiger partial charge is 0.339 e. The highest BCUT2D eigenvalue weighted by Gasteiger charge is 2.25. The van der Waals surface area contributed by atoms with Crippen molar-refractivity contribution < 1.29 is 4.79 Å². The van der Waals surface area contributed by atoms with Crippen LogP contribution < -0.4 is 0 Å². The molecule has 1 atom stereocenters. The maximum Gasteiger partial charge on any atom is 0.233 e. The minimum atomic E-state index is -0.173. The highest BCUT2D eigenvalue weighted by molar-refractivity contribution is 7.99. The number of aromatic nitrogens is 4. The Balaban J connectivity index is 1.95. The van der Waals surface area contributed by atoms with Crippen LogP contribution in [0.5, 0.6) is 0 Å². The fraction of sp³-hybridized carbons (Fsp3) is 0.846. The number of nitrogens with zero attached hydrogens (tertiary/aromatic N) is 5. The zero-order valence-corrected chi connectivity index (χ0v) is 13.5. The summed E-state index contributed by atoms with van der Waals surface area (Å²) in [4.78, 5) is 14.3. The van der Waals surface area contributed by atoms with Crippen molar-refractivity contribution in [3.05, 3.63) is 0 Å². The third-order valence-electron chi connectivity index (χ3n) is 3.52. The summed E-state index contributed by atoms with van der Waals surface area (Å²) in [6.45, 7) is 9.14. The topological polar surface area (TPSA) is 63.9 Å². The fourth-order valence-corrected chi connectivity index (χ4v) is 3.31. The molecule has 1 aromatic rings. The van der Waals surface area contributed by atoms with E-state index in [1.807, 2.05) is 25.7 Å². The summed E-state index contributed by atoms with van der Waals surface area (Å²) in [5.41, 5.74) is -0.173. The van der Waals surface area contributed by atoms with Gasteiger partial charge in [-0.05, 0) is 57.4 Å². The minimum Gasteiger partial charge on any atom is -0.339 e. The molecule has 1 aliphatic heterocycles. The van der Waals surface area contributed by atoms with Gasteiger partial charge in [0.2, 0.25) is 11.1 Å². The summed E-state index contributed by atoms with van der Waals surface area (Å²) in [6, 6.07) is 0.357. The normalized spacial score (nSPS) is 20.2. The predicted molar refractivity (Wildman–Crippen MR) is 78.6 cm³/mol. The third-order valence-corrected chi connectivity index (χ3v) is 4.43. The molecule has 20 heavy (non-hydrogen) atoms. The lowest BCUT2D eigenvalue weighted by Gasteiger charge is -2.33. The van der Waals surface area contributed by atoms with Crippen LogP contribution in [0.4, 0.5) is 0 Å². The Kier molecular flexibility index (Phi) is 4.67. The number of hydrogen-bond acceptors (Lipinski definition) is 5. The molecule has 1 fully saturated rings. The molecule has 0 saturated carbocycles. The molecule has 7 heteroatoms. The van der Waals surface area contributed by atoms with Crippen LogP contribution in [0.1, 0.15) is 47.0 Å². The van der Waals surface area contributed by atoms with Gasteiger partial charge in [-0.25, -0.2) is 4.68 Å². The smallest absolute Gasteiger partial charge is 0.233 e. The first-order chi connectivity index (χ1) is 9.39. The average molecular weight is 297 g/mol. The van der Waals surface area contributed by atoms with Crippen LogP contribution in [0.15, 0.2) is 5.16 Å². The van der Waals surface area contributed by atoms with Gasteiger partial charge in [0, 0.05) is 12.6 Å². The molecule has 2 heterocycles. The summed E-state index contributed by atoms with van der Waals surface area (Å²) in [7, 11) is 0. The molecule has 0 aliphatic carbocycles. The number of amides is 1. The van der Waals surface area contributed by atoms with Gasteiger partial charge in [0.1, 0.15) is 0 Å². The summed E-state index contributed by atoms with van der Waals surface area (Å²) >= 11 is 1.42. The molecule has 2 rings (SSSR count). The van der Waals surface area contributed by atoms with E-state index in [9.17, 15) is 4.79 Å². The molecule has 0 radical (unpaired) electrons. The maximum atomic E-state index is 12.3. The van der Waals surface area contributed by atoms with Crippen LogP contribution >= 0.6 is 11.8 Å². The molecule has 1 amide bonds. The molecule has 112 valence electrons. The van der Waals surface area contributed by atoms with E-state index in [1.165, 1.54) is 18.2 Å². The Morgan fingerprint density at radius 1 is 1.40 bits per heavy atom. The number of tetrazole rings is 1. The van der Waals surface area contributed by atoms with Crippen molar-refractivity contribution in [1.29, 1.82) is 0 Å². The summed E-state index contributed by atoms with van der Waals surface area (Å²) in [6.07, 6.45) is 3.44. The van der Waals surface area contributed by atoms with Crippen molar-refractivity contribution in [2.45, 2.75) is 63.7 Å². The van der Waals surface area contributed by atoms with Gasteiger partial charge in [-0.15, -0.1) is 5.10 Å². The van der Waals surface area contributed by atoms with Crippen LogP contribution in [0.25, 0.3) is 0 Å². The van der Waals surface area contributed by atoms with Crippen LogP contribution in [0, 0.1) is 0 Å². The molecule has 0 N–H and O–H groups in total. The van der Waals surface area contributed by atoms with Crippen molar-refractivity contribution in [3.8, 4) is 0 Å². The summed E-state index contributed by atoms with van der Waals surface area (Å²) in [5.74, 6) is 0.589. The fourth-order valence-electron chi connectivity index (χ4n) is 2.37. The van der Waals surface area contributed by atoms with Gasteiger partial charge in [0.05, 0.1) is 11.3 Å². The standard InChI is InChI=1S/C13H23N5OS/c1-10-7-5-6-8-17(10)11(19)9-20-12-14-15-16-18(12)13(2,3)4/h10H,5-9H2,1-4H3. The Morgan fingerprint density at radius 2 is 2.15 bits per heavy atom. The second kappa shape index (κ2) is 6.11. The number of likely N-dealkylation sites (tertiary alicyclic amines) is 1. The quantitative estimate of drug-likeness (QED) is 0.798. The van der Waals surface area contributed by atoms with E-state index in [2.05, 4.69) is 22.4 Å². The number of piperidine rings is 1. The molecular formula is C13H23N5OS. The monoisotopic (exact) mass is 297 g/mol. The average Bonchev–Trinajstić information content (AvgIpc) is 2.84. The molecule has 6 nitrogen and oxygen atoms in total. The lowest BCUT2D eigenvalue weighted by Crippen LogP contribution is -2.43. The zero-order valence-electron chi connectivity index (χ0n) is 12.7. The van der Waals surface area contributed by atoms with Gasteiger partial charge in [-0.3, -0.25) is 4.79 Å². The van der Waals surface area contributed by atoms with Crippen LogP contribution in [0.3, 0.4) is 0 Å². The van der Waals surface area contributed by atoms with Crippen molar-refractivity contribution in [1.82, 2.24) is 25.1 Å². The second-order valence-electron chi connectivity index (χ2n) is 6.26. The lowest BCUT2D eigenvalue weighted by molar-refractivity contribution is -0.131. The zero-order chi connectivity index (χ0) is 14.8. The first-order valence-electron chi connectivity index (χ1n) is 7.10. The third kappa shape index (κ3) is 3.50. The number of rotatable bonds is 3. The minimum absolute atomic E-state index is 0.173. The Hall–Kier alpha value is -1.11. The molecule has 0 aromatic carbocycles. The number of carbonyl (C=O) groups excluding carboxylic acids is 1. The van der Waals surface area contributed by atoms with E-state index in [-0.39, 0.29) is 11.4 Å². The second-order valence-corrected chi connectivity index (χ2v) is 7.21. The highest BCUT2D eigenvalue weighted by atomic mass is 32.2. The van der Waals surface area contributed by atoms with Crippen molar-refractivity contribution in [2.24, 2.45) is 0 Å². The van der Waals surface area contributed by atoms with E-state index in [4.69, 9.17) is 0 Å². The molecular weight excluding hydrogens is 274 g/mol. The Morgan fingerprint density at radius 3 is 2.80 bits per heavy atom. The SMILES string of the molecule is CC1CCCCN1C(=O)CSc1nnnn1C(C)(C)C. The van der Waals surface area contributed by atoms with Gasteiger partial charge in [0.15, 0.2) is 0 Å². The lowest BCUT2D eigenvalue weighted by atomic mass is 10.0. The van der Waals surface area contributed by atoms with Crippen LogP contribution in [-0.4, -0.2) is 49.4 Å². The predicted octanol–water partition coefficient (Wildman–Crippen LogP) is 1.92. The molecule has 1 saturated heterocycles. The maximum absolute atomic E-state index is 12.3. The van der Waals surface area contributed by atoms with E-state index >= 15 is 0 Å².